The van der Waals surface area contributed by atoms with Gasteiger partial charge >= 0.3 is 0 Å². The van der Waals surface area contributed by atoms with E-state index < -0.39 is 0 Å². The quantitative estimate of drug-likeness (QED) is 0.943. The Balaban J connectivity index is 2.02. The zero-order valence-corrected chi connectivity index (χ0v) is 13.0. The lowest BCUT2D eigenvalue weighted by atomic mass is 10.0. The number of ether oxygens (including phenoxy) is 1. The first-order valence-corrected chi connectivity index (χ1v) is 7.66. The lowest BCUT2D eigenvalue weighted by Crippen LogP contribution is -2.23. The predicted molar refractivity (Wildman–Crippen MR) is 87.2 cm³/mol. The van der Waals surface area contributed by atoms with Crippen LogP contribution in [0.25, 0.3) is 11.1 Å². The van der Waals surface area contributed by atoms with Crippen LogP contribution in [0.5, 0.6) is 0 Å². The Morgan fingerprint density at radius 3 is 2.55 bits per heavy atom. The number of aromatic nitrogens is 2. The number of anilines is 1. The van der Waals surface area contributed by atoms with Crippen molar-refractivity contribution < 1.29 is 4.74 Å². The number of hydrogen-bond donors (Lipinski definition) is 1. The lowest BCUT2D eigenvalue weighted by molar-refractivity contribution is 0.119. The van der Waals surface area contributed by atoms with Crippen molar-refractivity contribution in [3.05, 3.63) is 46.4 Å². The first kappa shape index (κ1) is 14.8. The van der Waals surface area contributed by atoms with Gasteiger partial charge in [0.15, 0.2) is 0 Å². The van der Waals surface area contributed by atoms with Crippen molar-refractivity contribution >= 4 is 5.69 Å². The number of aromatic amines is 1. The average Bonchev–Trinajstić information content (AvgIpc) is 3.08. The fraction of sp³-hybridized carbons (Fsp3) is 0.412. The molecular weight excluding hydrogens is 278 g/mol. The smallest absolute Gasteiger partial charge is 0.274 e. The molecular formula is C17H21N3O2. The van der Waals surface area contributed by atoms with Crippen molar-refractivity contribution in [2.24, 2.45) is 0 Å². The van der Waals surface area contributed by atoms with Crippen LogP contribution in [0, 0.1) is 0 Å². The van der Waals surface area contributed by atoms with E-state index in [1.54, 1.807) is 13.3 Å². The zero-order chi connectivity index (χ0) is 15.5. The second-order valence-electron chi connectivity index (χ2n) is 5.65. The molecule has 5 heteroatoms. The maximum absolute atomic E-state index is 12.3. The van der Waals surface area contributed by atoms with Crippen LogP contribution in [0.2, 0.25) is 0 Å². The summed E-state index contributed by atoms with van der Waals surface area (Å²) in [5.74, 6) is 0. The van der Waals surface area contributed by atoms with Crippen molar-refractivity contribution in [2.45, 2.75) is 25.9 Å². The summed E-state index contributed by atoms with van der Waals surface area (Å²) in [4.78, 5) is 14.5. The number of methoxy groups -OCH3 is 1. The molecule has 2 heterocycles. The number of hydrogen-bond acceptors (Lipinski definition) is 4. The van der Waals surface area contributed by atoms with Gasteiger partial charge in [0.05, 0.1) is 23.6 Å². The van der Waals surface area contributed by atoms with Crippen molar-refractivity contribution in [1.29, 1.82) is 0 Å². The Labute approximate surface area is 129 Å². The molecule has 1 aromatic carbocycles. The van der Waals surface area contributed by atoms with Crippen LogP contribution in [0.1, 0.15) is 31.4 Å². The Morgan fingerprint density at radius 2 is 1.91 bits per heavy atom. The van der Waals surface area contributed by atoms with Crippen LogP contribution in [0.3, 0.4) is 0 Å². The van der Waals surface area contributed by atoms with Gasteiger partial charge in [-0.25, -0.2) is 5.10 Å². The van der Waals surface area contributed by atoms with Crippen molar-refractivity contribution in [3.63, 3.8) is 0 Å². The monoisotopic (exact) mass is 299 g/mol. The van der Waals surface area contributed by atoms with E-state index in [9.17, 15) is 4.79 Å². The minimum Gasteiger partial charge on any atom is -0.377 e. The second kappa shape index (κ2) is 6.32. The zero-order valence-electron chi connectivity index (χ0n) is 13.0. The van der Waals surface area contributed by atoms with E-state index in [1.165, 1.54) is 0 Å². The van der Waals surface area contributed by atoms with Gasteiger partial charge in [0.1, 0.15) is 0 Å². The molecule has 116 valence electrons. The summed E-state index contributed by atoms with van der Waals surface area (Å²) < 4.78 is 5.32. The number of benzene rings is 1. The minimum atomic E-state index is -0.142. The second-order valence-corrected chi connectivity index (χ2v) is 5.65. The van der Waals surface area contributed by atoms with E-state index in [4.69, 9.17) is 4.74 Å². The summed E-state index contributed by atoms with van der Waals surface area (Å²) in [5.41, 5.74) is 3.50. The van der Waals surface area contributed by atoms with Crippen LogP contribution >= 0.6 is 0 Å². The Kier molecular flexibility index (Phi) is 4.24. The van der Waals surface area contributed by atoms with E-state index in [2.05, 4.69) is 15.1 Å². The molecule has 1 atom stereocenters. The Morgan fingerprint density at radius 1 is 1.23 bits per heavy atom. The molecule has 0 radical (unpaired) electrons. The fourth-order valence-electron chi connectivity index (χ4n) is 2.92. The van der Waals surface area contributed by atoms with Crippen molar-refractivity contribution in [3.8, 4) is 11.1 Å². The Bertz CT molecular complexity index is 688. The first-order valence-electron chi connectivity index (χ1n) is 7.66. The summed E-state index contributed by atoms with van der Waals surface area (Å²) in [6.07, 6.45) is 4.13. The molecule has 0 aliphatic carbocycles. The molecule has 0 saturated carbocycles. The largest absolute Gasteiger partial charge is 0.377 e. The maximum atomic E-state index is 12.3. The van der Waals surface area contributed by atoms with Crippen molar-refractivity contribution in [1.82, 2.24) is 10.2 Å². The van der Waals surface area contributed by atoms with Gasteiger partial charge in [0, 0.05) is 20.2 Å². The molecule has 22 heavy (non-hydrogen) atoms. The standard InChI is InChI=1S/C17H21N3O2/c1-12(22-2)13-5-7-14(8-6-13)16-15(11-18-19-17(16)21)20-9-3-4-10-20/h5-8,11-12H,3-4,9-10H2,1-2H3,(H,19,21)/t12-/m0/s1. The van der Waals surface area contributed by atoms with E-state index >= 15 is 0 Å². The molecule has 0 amide bonds. The van der Waals surface area contributed by atoms with Gasteiger partial charge in [-0.3, -0.25) is 4.79 Å². The number of rotatable bonds is 4. The van der Waals surface area contributed by atoms with Gasteiger partial charge in [-0.05, 0) is 30.9 Å². The third-order valence-corrected chi connectivity index (χ3v) is 4.31. The summed E-state index contributed by atoms with van der Waals surface area (Å²) in [6, 6.07) is 7.98. The van der Waals surface area contributed by atoms with Gasteiger partial charge < -0.3 is 9.64 Å². The molecule has 1 aliphatic rings. The maximum Gasteiger partial charge on any atom is 0.274 e. The SMILES string of the molecule is CO[C@@H](C)c1ccc(-c2c(N3CCCC3)cn[nH]c2=O)cc1. The highest BCUT2D eigenvalue weighted by Crippen LogP contribution is 2.30. The molecule has 0 bridgehead atoms. The summed E-state index contributed by atoms with van der Waals surface area (Å²) in [7, 11) is 1.69. The van der Waals surface area contributed by atoms with Gasteiger partial charge in [0.2, 0.25) is 0 Å². The summed E-state index contributed by atoms with van der Waals surface area (Å²) in [5, 5.41) is 6.53. The van der Waals surface area contributed by atoms with Crippen LogP contribution in [0.4, 0.5) is 5.69 Å². The van der Waals surface area contributed by atoms with Crippen LogP contribution in [-0.2, 0) is 4.74 Å². The molecule has 0 unspecified atom stereocenters. The normalized spacial score (nSPS) is 16.0. The van der Waals surface area contributed by atoms with Gasteiger partial charge in [-0.2, -0.15) is 5.10 Å². The molecule has 5 nitrogen and oxygen atoms in total. The van der Waals surface area contributed by atoms with E-state index in [0.717, 1.165) is 42.7 Å². The van der Waals surface area contributed by atoms with Crippen molar-refractivity contribution in [2.75, 3.05) is 25.1 Å². The number of nitrogens with one attached hydrogen (secondary N) is 1. The highest BCUT2D eigenvalue weighted by atomic mass is 16.5. The molecule has 1 fully saturated rings. The number of nitrogens with zero attached hydrogens (tertiary/aromatic N) is 2. The molecule has 1 aliphatic heterocycles. The molecule has 1 aromatic heterocycles. The third kappa shape index (κ3) is 2.76. The third-order valence-electron chi connectivity index (χ3n) is 4.31. The number of H-pyrrole nitrogens is 1. The topological polar surface area (TPSA) is 58.2 Å². The summed E-state index contributed by atoms with van der Waals surface area (Å²) in [6.45, 7) is 3.97. The molecule has 1 saturated heterocycles. The first-order chi connectivity index (χ1) is 10.7. The van der Waals surface area contributed by atoms with E-state index in [1.807, 2.05) is 31.2 Å². The average molecular weight is 299 g/mol. The van der Waals surface area contributed by atoms with Gasteiger partial charge in [-0.1, -0.05) is 24.3 Å². The fourth-order valence-corrected chi connectivity index (χ4v) is 2.92. The van der Waals surface area contributed by atoms with Crippen LogP contribution in [0.15, 0.2) is 35.3 Å². The van der Waals surface area contributed by atoms with Crippen LogP contribution < -0.4 is 10.5 Å². The molecule has 1 N–H and O–H groups in total. The summed E-state index contributed by atoms with van der Waals surface area (Å²) >= 11 is 0. The van der Waals surface area contributed by atoms with Gasteiger partial charge in [0.25, 0.3) is 5.56 Å². The predicted octanol–water partition coefficient (Wildman–Crippen LogP) is 2.74. The Hall–Kier alpha value is -2.14. The molecule has 0 spiro atoms. The lowest BCUT2D eigenvalue weighted by Gasteiger charge is -2.20. The molecule has 2 aromatic rings. The van der Waals surface area contributed by atoms with Crippen LogP contribution in [-0.4, -0.2) is 30.4 Å². The highest BCUT2D eigenvalue weighted by molar-refractivity contribution is 5.77. The highest BCUT2D eigenvalue weighted by Gasteiger charge is 2.19. The van der Waals surface area contributed by atoms with Gasteiger partial charge in [-0.15, -0.1) is 0 Å². The van der Waals surface area contributed by atoms with E-state index in [0.29, 0.717) is 5.56 Å². The minimum absolute atomic E-state index is 0.0443. The molecule has 3 rings (SSSR count). The van der Waals surface area contributed by atoms with E-state index in [-0.39, 0.29) is 11.7 Å².